The summed E-state index contributed by atoms with van der Waals surface area (Å²) in [5, 5.41) is 0. The van der Waals surface area contributed by atoms with E-state index in [0.717, 1.165) is 23.3 Å². The Morgan fingerprint density at radius 1 is 1.29 bits per heavy atom. The molecule has 1 rings (SSSR count). The summed E-state index contributed by atoms with van der Waals surface area (Å²) in [5.41, 5.74) is 2.57. The molecule has 0 N–H and O–H groups in total. The molecule has 0 spiro atoms. The van der Waals surface area contributed by atoms with Crippen LogP contribution in [0.2, 0.25) is 0 Å². The van der Waals surface area contributed by atoms with Crippen LogP contribution in [0.3, 0.4) is 0 Å². The van der Waals surface area contributed by atoms with Crippen molar-refractivity contribution in [2.24, 2.45) is 4.99 Å². The Morgan fingerprint density at radius 3 is 2.50 bits per heavy atom. The van der Waals surface area contributed by atoms with Crippen LogP contribution in [0, 0.1) is 0 Å². The van der Waals surface area contributed by atoms with E-state index in [0.29, 0.717) is 0 Å². The molecule has 1 amide bonds. The van der Waals surface area contributed by atoms with Crippen molar-refractivity contribution >= 4 is 11.6 Å². The molecule has 0 atom stereocenters. The summed E-state index contributed by atoms with van der Waals surface area (Å²) in [6.45, 7) is 5.69. The third-order valence-electron chi connectivity index (χ3n) is 1.95. The van der Waals surface area contributed by atoms with E-state index in [4.69, 9.17) is 0 Å². The first-order chi connectivity index (χ1) is 6.65. The Bertz CT molecular complexity index is 362. The normalized spacial score (nSPS) is 9.64. The zero-order valence-corrected chi connectivity index (χ0v) is 8.87. The molecule has 0 unspecified atom stereocenters. The predicted octanol–water partition coefficient (Wildman–Crippen LogP) is 2.87. The summed E-state index contributed by atoms with van der Waals surface area (Å²) in [6, 6.07) is 7.60. The molecule has 0 fully saturated rings. The second-order valence-corrected chi connectivity index (χ2v) is 3.37. The first-order valence-corrected chi connectivity index (χ1v) is 4.79. The summed E-state index contributed by atoms with van der Waals surface area (Å²) < 4.78 is 0. The molecule has 0 saturated heterocycles. The molecule has 0 saturated carbocycles. The quantitative estimate of drug-likeness (QED) is 0.658. The molecule has 0 aliphatic heterocycles. The van der Waals surface area contributed by atoms with E-state index >= 15 is 0 Å². The minimum atomic E-state index is -0.137. The van der Waals surface area contributed by atoms with Crippen molar-refractivity contribution in [2.45, 2.75) is 27.2 Å². The van der Waals surface area contributed by atoms with Gasteiger partial charge in [-0.2, -0.15) is 0 Å². The number of amides is 1. The lowest BCUT2D eigenvalue weighted by molar-refractivity contribution is 0.100. The molecular weight excluding hydrogens is 174 g/mol. The maximum absolute atomic E-state index is 11.6. The minimum Gasteiger partial charge on any atom is -0.267 e. The van der Waals surface area contributed by atoms with E-state index in [1.165, 1.54) is 0 Å². The fraction of sp³-hybridized carbons (Fsp3) is 0.333. The summed E-state index contributed by atoms with van der Waals surface area (Å²) in [7, 11) is 0. The fourth-order valence-corrected chi connectivity index (χ4v) is 1.30. The molecule has 0 aromatic heterocycles. The number of aliphatic imine (C=N–C) groups is 1. The van der Waals surface area contributed by atoms with Crippen LogP contribution in [0.15, 0.2) is 29.3 Å². The zero-order valence-electron chi connectivity index (χ0n) is 8.87. The van der Waals surface area contributed by atoms with Gasteiger partial charge in [-0.1, -0.05) is 25.1 Å². The third-order valence-corrected chi connectivity index (χ3v) is 1.95. The van der Waals surface area contributed by atoms with E-state index in [9.17, 15) is 4.79 Å². The second-order valence-electron chi connectivity index (χ2n) is 3.37. The van der Waals surface area contributed by atoms with E-state index in [1.807, 2.05) is 45.0 Å². The molecule has 2 heteroatoms. The lowest BCUT2D eigenvalue weighted by atomic mass is 10.1. The maximum atomic E-state index is 11.6. The van der Waals surface area contributed by atoms with Gasteiger partial charge in [-0.15, -0.1) is 0 Å². The number of carbonyl (C=O) groups is 1. The Morgan fingerprint density at radius 2 is 1.93 bits per heavy atom. The van der Waals surface area contributed by atoms with Gasteiger partial charge in [-0.25, -0.2) is 4.99 Å². The lowest BCUT2D eigenvalue weighted by Crippen LogP contribution is -2.02. The summed E-state index contributed by atoms with van der Waals surface area (Å²) in [4.78, 5) is 15.6. The highest BCUT2D eigenvalue weighted by Crippen LogP contribution is 2.10. The van der Waals surface area contributed by atoms with Gasteiger partial charge in [0.1, 0.15) is 0 Å². The smallest absolute Gasteiger partial charge is 0.267 e. The summed E-state index contributed by atoms with van der Waals surface area (Å²) in [6.07, 6.45) is 0.861. The van der Waals surface area contributed by atoms with Crippen molar-refractivity contribution in [1.29, 1.82) is 0 Å². The van der Waals surface area contributed by atoms with Gasteiger partial charge in [0, 0.05) is 11.3 Å². The summed E-state index contributed by atoms with van der Waals surface area (Å²) in [5.74, 6) is -0.137. The summed E-state index contributed by atoms with van der Waals surface area (Å²) >= 11 is 0. The average Bonchev–Trinajstić information content (AvgIpc) is 2.16. The van der Waals surface area contributed by atoms with Crippen molar-refractivity contribution in [1.82, 2.24) is 0 Å². The molecule has 0 aliphatic rings. The van der Waals surface area contributed by atoms with Crippen LogP contribution in [0.1, 0.15) is 36.7 Å². The van der Waals surface area contributed by atoms with Gasteiger partial charge in [0.2, 0.25) is 0 Å². The van der Waals surface area contributed by atoms with Crippen LogP contribution >= 0.6 is 0 Å². The Balaban J connectivity index is 3.06. The Labute approximate surface area is 84.7 Å². The highest BCUT2D eigenvalue weighted by atomic mass is 16.1. The minimum absolute atomic E-state index is 0.137. The van der Waals surface area contributed by atoms with Gasteiger partial charge in [0.15, 0.2) is 0 Å². The van der Waals surface area contributed by atoms with Gasteiger partial charge in [-0.3, -0.25) is 4.79 Å². The molecule has 0 aliphatic carbocycles. The van der Waals surface area contributed by atoms with E-state index < -0.39 is 0 Å². The lowest BCUT2D eigenvalue weighted by Gasteiger charge is -2.02. The van der Waals surface area contributed by atoms with Crippen LogP contribution in [-0.4, -0.2) is 11.6 Å². The third kappa shape index (κ3) is 2.52. The SMILES string of the molecule is CCc1ccccc1C(=O)N=C(C)C. The number of aryl methyl sites for hydroxylation is 1. The molecule has 0 bridgehead atoms. The van der Waals surface area contributed by atoms with Crippen molar-refractivity contribution in [2.75, 3.05) is 0 Å². The van der Waals surface area contributed by atoms with Crippen LogP contribution in [-0.2, 0) is 6.42 Å². The number of rotatable bonds is 2. The first-order valence-electron chi connectivity index (χ1n) is 4.79. The molecule has 1 aromatic rings. The van der Waals surface area contributed by atoms with Crippen LogP contribution in [0.4, 0.5) is 0 Å². The number of hydrogen-bond donors (Lipinski definition) is 0. The topological polar surface area (TPSA) is 29.4 Å². The van der Waals surface area contributed by atoms with Gasteiger partial charge in [0.25, 0.3) is 5.91 Å². The molecular formula is C12H15NO. The van der Waals surface area contributed by atoms with Gasteiger partial charge < -0.3 is 0 Å². The number of hydrogen-bond acceptors (Lipinski definition) is 1. The fourth-order valence-electron chi connectivity index (χ4n) is 1.30. The standard InChI is InChI=1S/C12H15NO/c1-4-10-7-5-6-8-11(10)12(14)13-9(2)3/h5-8H,4H2,1-3H3. The van der Waals surface area contributed by atoms with Crippen LogP contribution in [0.25, 0.3) is 0 Å². The molecule has 14 heavy (non-hydrogen) atoms. The van der Waals surface area contributed by atoms with Crippen molar-refractivity contribution < 1.29 is 4.79 Å². The average molecular weight is 189 g/mol. The number of benzene rings is 1. The molecule has 0 radical (unpaired) electrons. The first kappa shape index (κ1) is 10.6. The van der Waals surface area contributed by atoms with Gasteiger partial charge >= 0.3 is 0 Å². The molecule has 2 nitrogen and oxygen atoms in total. The van der Waals surface area contributed by atoms with E-state index in [2.05, 4.69) is 4.99 Å². The predicted molar refractivity (Wildman–Crippen MR) is 58.9 cm³/mol. The molecule has 1 aromatic carbocycles. The van der Waals surface area contributed by atoms with E-state index in [1.54, 1.807) is 0 Å². The van der Waals surface area contributed by atoms with Gasteiger partial charge in [-0.05, 0) is 31.9 Å². The van der Waals surface area contributed by atoms with Crippen LogP contribution in [0.5, 0.6) is 0 Å². The van der Waals surface area contributed by atoms with Crippen LogP contribution < -0.4 is 0 Å². The number of carbonyl (C=O) groups excluding carboxylic acids is 1. The number of nitrogens with zero attached hydrogens (tertiary/aromatic N) is 1. The van der Waals surface area contributed by atoms with Crippen molar-refractivity contribution in [3.05, 3.63) is 35.4 Å². The highest BCUT2D eigenvalue weighted by molar-refractivity contribution is 6.03. The largest absolute Gasteiger partial charge is 0.277 e. The van der Waals surface area contributed by atoms with Crippen molar-refractivity contribution in [3.8, 4) is 0 Å². The van der Waals surface area contributed by atoms with Crippen molar-refractivity contribution in [3.63, 3.8) is 0 Å². The van der Waals surface area contributed by atoms with Gasteiger partial charge in [0.05, 0.1) is 0 Å². The zero-order chi connectivity index (χ0) is 10.6. The Kier molecular flexibility index (Phi) is 3.57. The second kappa shape index (κ2) is 4.70. The highest BCUT2D eigenvalue weighted by Gasteiger charge is 2.07. The molecule has 0 heterocycles. The molecule has 74 valence electrons. The monoisotopic (exact) mass is 189 g/mol. The van der Waals surface area contributed by atoms with E-state index in [-0.39, 0.29) is 5.91 Å². The Hall–Kier alpha value is -1.44. The maximum Gasteiger partial charge on any atom is 0.277 e.